The van der Waals surface area contributed by atoms with E-state index in [0.717, 1.165) is 0 Å². The van der Waals surface area contributed by atoms with Crippen LogP contribution in [0.3, 0.4) is 0 Å². The highest BCUT2D eigenvalue weighted by Gasteiger charge is 2.12. The largest absolute Gasteiger partial charge is 0.461 e. The molecule has 8 heteroatoms. The van der Waals surface area contributed by atoms with Crippen molar-refractivity contribution in [3.05, 3.63) is 10.4 Å². The van der Waals surface area contributed by atoms with Crippen LogP contribution in [-0.2, 0) is 23.7 Å². The zero-order chi connectivity index (χ0) is 13.6. The Morgan fingerprint density at radius 3 is 2.44 bits per heavy atom. The van der Waals surface area contributed by atoms with Gasteiger partial charge in [-0.3, -0.25) is 0 Å². The maximum absolute atomic E-state index is 11.1. The van der Waals surface area contributed by atoms with Crippen molar-refractivity contribution in [2.45, 2.75) is 13.0 Å². The quantitative estimate of drug-likeness (QED) is 0.181. The minimum Gasteiger partial charge on any atom is -0.461 e. The van der Waals surface area contributed by atoms with Gasteiger partial charge >= 0.3 is 5.97 Å². The zero-order valence-electron chi connectivity index (χ0n) is 10.7. The molecule has 0 aliphatic carbocycles. The fourth-order valence-electron chi connectivity index (χ4n) is 0.887. The van der Waals surface area contributed by atoms with Crippen molar-refractivity contribution in [3.63, 3.8) is 0 Å². The molecule has 0 rings (SSSR count). The van der Waals surface area contributed by atoms with Gasteiger partial charge < -0.3 is 18.9 Å². The molecule has 0 aromatic carbocycles. The van der Waals surface area contributed by atoms with E-state index in [9.17, 15) is 4.79 Å². The van der Waals surface area contributed by atoms with E-state index in [1.165, 1.54) is 7.11 Å². The van der Waals surface area contributed by atoms with Gasteiger partial charge in [0.25, 0.3) is 0 Å². The molecule has 0 N–H and O–H groups in total. The number of methoxy groups -OCH3 is 1. The van der Waals surface area contributed by atoms with Gasteiger partial charge in [0.2, 0.25) is 0 Å². The fraction of sp³-hybridized carbons (Fsp3) is 0.900. The summed E-state index contributed by atoms with van der Waals surface area (Å²) in [5.41, 5.74) is 8.00. The molecule has 1 unspecified atom stereocenters. The van der Waals surface area contributed by atoms with Crippen molar-refractivity contribution < 1.29 is 23.7 Å². The number of azide groups is 1. The summed E-state index contributed by atoms with van der Waals surface area (Å²) < 4.78 is 19.9. The summed E-state index contributed by atoms with van der Waals surface area (Å²) in [6, 6.07) is 0. The summed E-state index contributed by atoms with van der Waals surface area (Å²) in [4.78, 5) is 13.7. The van der Waals surface area contributed by atoms with Crippen molar-refractivity contribution >= 4 is 5.97 Å². The summed E-state index contributed by atoms with van der Waals surface area (Å²) >= 11 is 0. The molecule has 0 radical (unpaired) electrons. The molecular weight excluding hydrogens is 242 g/mol. The lowest BCUT2D eigenvalue weighted by atomic mass is 10.4. The normalized spacial score (nSPS) is 11.7. The Balaban J connectivity index is 3.21. The topological polar surface area (TPSA) is 103 Å². The Morgan fingerprint density at radius 1 is 1.22 bits per heavy atom. The van der Waals surface area contributed by atoms with Gasteiger partial charge in [-0.2, -0.15) is 0 Å². The molecule has 104 valence electrons. The van der Waals surface area contributed by atoms with E-state index in [1.807, 2.05) is 0 Å². The summed E-state index contributed by atoms with van der Waals surface area (Å²) in [6.07, 6.45) is -0.561. The number of hydrogen-bond donors (Lipinski definition) is 0. The van der Waals surface area contributed by atoms with Crippen LogP contribution in [0.4, 0.5) is 0 Å². The Hall–Kier alpha value is -1.34. The van der Waals surface area contributed by atoms with Crippen molar-refractivity contribution in [2.75, 3.05) is 46.7 Å². The lowest BCUT2D eigenvalue weighted by Gasteiger charge is -2.09. The molecule has 0 saturated heterocycles. The maximum atomic E-state index is 11.1. The third-order valence-electron chi connectivity index (χ3n) is 1.93. The molecule has 0 aromatic rings. The number of carbonyl (C=O) groups excluding carboxylic acids is 1. The zero-order valence-corrected chi connectivity index (χ0v) is 10.7. The third-order valence-corrected chi connectivity index (χ3v) is 1.93. The number of rotatable bonds is 11. The van der Waals surface area contributed by atoms with Gasteiger partial charge in [0.05, 0.1) is 26.4 Å². The van der Waals surface area contributed by atoms with E-state index < -0.39 is 12.1 Å². The molecule has 1 atom stereocenters. The second-order valence-electron chi connectivity index (χ2n) is 3.22. The first-order valence-corrected chi connectivity index (χ1v) is 5.58. The second kappa shape index (κ2) is 12.1. The van der Waals surface area contributed by atoms with Crippen molar-refractivity contribution in [1.82, 2.24) is 0 Å². The molecular formula is C10H19N3O5. The third kappa shape index (κ3) is 9.86. The van der Waals surface area contributed by atoms with E-state index in [-0.39, 0.29) is 6.61 Å². The standard InChI is InChI=1S/C10H19N3O5/c1-9(15-2)10(14)18-8-7-17-6-5-16-4-3-12-13-11/h9H,3-8H2,1-2H3. The van der Waals surface area contributed by atoms with Crippen LogP contribution in [0.5, 0.6) is 0 Å². The molecule has 0 aliphatic rings. The minimum absolute atomic E-state index is 0.186. The molecule has 0 fully saturated rings. The van der Waals surface area contributed by atoms with E-state index in [1.54, 1.807) is 6.92 Å². The van der Waals surface area contributed by atoms with Crippen LogP contribution in [-0.4, -0.2) is 58.8 Å². The lowest BCUT2D eigenvalue weighted by molar-refractivity contribution is -0.155. The number of carbonyl (C=O) groups is 1. The van der Waals surface area contributed by atoms with Crippen LogP contribution in [0.25, 0.3) is 10.4 Å². The number of esters is 1. The Morgan fingerprint density at radius 2 is 1.83 bits per heavy atom. The van der Waals surface area contributed by atoms with Crippen LogP contribution in [0, 0.1) is 0 Å². The van der Waals surface area contributed by atoms with Crippen LogP contribution in [0.1, 0.15) is 6.92 Å². The highest BCUT2D eigenvalue weighted by atomic mass is 16.6. The van der Waals surface area contributed by atoms with Gasteiger partial charge in [0.1, 0.15) is 6.61 Å². The average molecular weight is 261 g/mol. The molecule has 0 amide bonds. The first-order chi connectivity index (χ1) is 8.72. The Kier molecular flexibility index (Phi) is 11.2. The van der Waals surface area contributed by atoms with Gasteiger partial charge in [0, 0.05) is 18.6 Å². The Labute approximate surface area is 106 Å². The molecule has 0 aliphatic heterocycles. The number of nitrogens with zero attached hydrogens (tertiary/aromatic N) is 3. The van der Waals surface area contributed by atoms with E-state index in [4.69, 9.17) is 24.5 Å². The summed E-state index contributed by atoms with van der Waals surface area (Å²) in [7, 11) is 1.44. The second-order valence-corrected chi connectivity index (χ2v) is 3.22. The van der Waals surface area contributed by atoms with Gasteiger partial charge in [-0.1, -0.05) is 5.11 Å². The number of ether oxygens (including phenoxy) is 4. The summed E-state index contributed by atoms with van der Waals surface area (Å²) in [6.45, 7) is 3.59. The molecule has 18 heavy (non-hydrogen) atoms. The molecule has 0 aromatic heterocycles. The van der Waals surface area contributed by atoms with Crippen LogP contribution >= 0.6 is 0 Å². The first-order valence-electron chi connectivity index (χ1n) is 5.58. The van der Waals surface area contributed by atoms with Crippen LogP contribution < -0.4 is 0 Å². The molecule has 0 spiro atoms. The average Bonchev–Trinajstić information content (AvgIpc) is 2.39. The fourth-order valence-corrected chi connectivity index (χ4v) is 0.887. The van der Waals surface area contributed by atoms with Crippen molar-refractivity contribution in [3.8, 4) is 0 Å². The lowest BCUT2D eigenvalue weighted by Crippen LogP contribution is -2.23. The predicted octanol–water partition coefficient (Wildman–Crippen LogP) is 0.908. The maximum Gasteiger partial charge on any atom is 0.335 e. The SMILES string of the molecule is COC(C)C(=O)OCCOCCOCCN=[N+]=[N-]. The highest BCUT2D eigenvalue weighted by molar-refractivity contribution is 5.74. The minimum atomic E-state index is -0.561. The van der Waals surface area contributed by atoms with E-state index >= 15 is 0 Å². The van der Waals surface area contributed by atoms with E-state index in [2.05, 4.69) is 10.0 Å². The summed E-state index contributed by atoms with van der Waals surface area (Å²) in [5.74, 6) is -0.410. The van der Waals surface area contributed by atoms with Crippen LogP contribution in [0.2, 0.25) is 0 Å². The van der Waals surface area contributed by atoms with Crippen molar-refractivity contribution in [1.29, 1.82) is 0 Å². The smallest absolute Gasteiger partial charge is 0.335 e. The van der Waals surface area contributed by atoms with Gasteiger partial charge in [-0.25, -0.2) is 4.79 Å². The molecule has 0 heterocycles. The highest BCUT2D eigenvalue weighted by Crippen LogP contribution is 1.92. The van der Waals surface area contributed by atoms with Gasteiger partial charge in [-0.15, -0.1) is 0 Å². The van der Waals surface area contributed by atoms with Crippen LogP contribution in [0.15, 0.2) is 5.11 Å². The van der Waals surface area contributed by atoms with Crippen molar-refractivity contribution in [2.24, 2.45) is 5.11 Å². The Bertz CT molecular complexity index is 268. The monoisotopic (exact) mass is 261 g/mol. The molecule has 0 bridgehead atoms. The number of hydrogen-bond acceptors (Lipinski definition) is 6. The van der Waals surface area contributed by atoms with Gasteiger partial charge in [0.15, 0.2) is 6.10 Å². The summed E-state index contributed by atoms with van der Waals surface area (Å²) in [5, 5.41) is 3.31. The predicted molar refractivity (Wildman–Crippen MR) is 63.1 cm³/mol. The van der Waals surface area contributed by atoms with Gasteiger partial charge in [-0.05, 0) is 12.5 Å². The molecule has 0 saturated carbocycles. The first kappa shape index (κ1) is 16.7. The molecule has 8 nitrogen and oxygen atoms in total. The van der Waals surface area contributed by atoms with E-state index in [0.29, 0.717) is 33.0 Å².